The zero-order valence-corrected chi connectivity index (χ0v) is 12.3. The van der Waals surface area contributed by atoms with Gasteiger partial charge in [0, 0.05) is 6.20 Å². The maximum atomic E-state index is 11.5. The second-order valence-electron chi connectivity index (χ2n) is 4.81. The summed E-state index contributed by atoms with van der Waals surface area (Å²) in [5, 5.41) is 8.16. The average Bonchev–Trinajstić information content (AvgIpc) is 2.95. The molecule has 3 rings (SSSR count). The van der Waals surface area contributed by atoms with Gasteiger partial charge in [-0.15, -0.1) is 10.2 Å². The van der Waals surface area contributed by atoms with Gasteiger partial charge in [-0.2, -0.15) is 0 Å². The summed E-state index contributed by atoms with van der Waals surface area (Å²) in [5.74, 6) is 1.07. The van der Waals surface area contributed by atoms with Crippen LogP contribution in [-0.4, -0.2) is 27.7 Å². The summed E-state index contributed by atoms with van der Waals surface area (Å²) >= 11 is 0. The van der Waals surface area contributed by atoms with E-state index in [1.807, 2.05) is 31.2 Å². The molecule has 0 radical (unpaired) electrons. The fourth-order valence-electron chi connectivity index (χ4n) is 2.14. The molecule has 22 heavy (non-hydrogen) atoms. The molecule has 2 heterocycles. The number of hydrogen-bond acceptors (Lipinski definition) is 5. The van der Waals surface area contributed by atoms with Crippen LogP contribution < -0.4 is 4.74 Å². The average molecular weight is 297 g/mol. The van der Waals surface area contributed by atoms with Crippen molar-refractivity contribution in [2.45, 2.75) is 13.5 Å². The van der Waals surface area contributed by atoms with E-state index in [0.29, 0.717) is 23.6 Å². The molecule has 0 aliphatic carbocycles. The lowest BCUT2D eigenvalue weighted by atomic mass is 10.2. The quantitative estimate of drug-likeness (QED) is 0.692. The maximum absolute atomic E-state index is 11.5. The molecule has 0 aliphatic rings. The molecule has 0 N–H and O–H groups in total. The molecule has 0 saturated carbocycles. The maximum Gasteiger partial charge on any atom is 0.338 e. The second kappa shape index (κ2) is 5.85. The van der Waals surface area contributed by atoms with E-state index in [0.717, 1.165) is 11.3 Å². The summed E-state index contributed by atoms with van der Waals surface area (Å²) in [5.41, 5.74) is 2.07. The Morgan fingerprint density at radius 3 is 2.82 bits per heavy atom. The molecule has 0 bridgehead atoms. The Hall–Kier alpha value is -2.89. The third-order valence-electron chi connectivity index (χ3n) is 3.35. The largest absolute Gasteiger partial charge is 0.485 e. The second-order valence-corrected chi connectivity index (χ2v) is 4.81. The van der Waals surface area contributed by atoms with Gasteiger partial charge in [-0.3, -0.25) is 4.40 Å². The van der Waals surface area contributed by atoms with Crippen molar-refractivity contribution in [3.05, 3.63) is 59.5 Å². The number of benzene rings is 1. The number of hydrogen-bond donors (Lipinski definition) is 0. The number of ether oxygens (including phenoxy) is 2. The smallest absolute Gasteiger partial charge is 0.338 e. The number of aromatic nitrogens is 3. The Bertz CT molecular complexity index is 826. The molecule has 112 valence electrons. The van der Waals surface area contributed by atoms with Gasteiger partial charge in [0.15, 0.2) is 11.5 Å². The number of nitrogens with zero attached hydrogens (tertiary/aromatic N) is 3. The van der Waals surface area contributed by atoms with Gasteiger partial charge in [-0.1, -0.05) is 18.2 Å². The highest BCUT2D eigenvalue weighted by molar-refractivity contribution is 5.90. The van der Waals surface area contributed by atoms with Crippen molar-refractivity contribution in [3.8, 4) is 5.75 Å². The standard InChI is InChI=1S/C16H15N3O3/c1-11-5-3-4-6-13(11)22-10-15-18-17-14-9-12(16(20)21-2)7-8-19(14)15/h3-9H,10H2,1-2H3. The number of carbonyl (C=O) groups is 1. The van der Waals surface area contributed by atoms with Crippen LogP contribution >= 0.6 is 0 Å². The molecule has 0 aliphatic heterocycles. The van der Waals surface area contributed by atoms with Crippen LogP contribution in [0.3, 0.4) is 0 Å². The van der Waals surface area contributed by atoms with Crippen LogP contribution in [-0.2, 0) is 11.3 Å². The molecule has 0 amide bonds. The molecular weight excluding hydrogens is 282 g/mol. The Kier molecular flexibility index (Phi) is 3.74. The van der Waals surface area contributed by atoms with Crippen molar-refractivity contribution in [3.63, 3.8) is 0 Å². The lowest BCUT2D eigenvalue weighted by Crippen LogP contribution is -2.04. The van der Waals surface area contributed by atoms with Crippen LogP contribution in [0.4, 0.5) is 0 Å². The third kappa shape index (κ3) is 2.63. The van der Waals surface area contributed by atoms with E-state index in [2.05, 4.69) is 14.9 Å². The van der Waals surface area contributed by atoms with E-state index in [-0.39, 0.29) is 0 Å². The van der Waals surface area contributed by atoms with Gasteiger partial charge in [-0.05, 0) is 30.7 Å². The Balaban J connectivity index is 1.83. The normalized spacial score (nSPS) is 10.6. The molecular formula is C16H15N3O3. The number of aryl methyl sites for hydroxylation is 1. The topological polar surface area (TPSA) is 65.7 Å². The number of esters is 1. The first-order chi connectivity index (χ1) is 10.7. The summed E-state index contributed by atoms with van der Waals surface area (Å²) in [7, 11) is 1.35. The molecule has 0 atom stereocenters. The van der Waals surface area contributed by atoms with Crippen molar-refractivity contribution in [2.75, 3.05) is 7.11 Å². The van der Waals surface area contributed by atoms with E-state index in [4.69, 9.17) is 4.74 Å². The van der Waals surface area contributed by atoms with E-state index in [1.165, 1.54) is 7.11 Å². The minimum Gasteiger partial charge on any atom is -0.485 e. The van der Waals surface area contributed by atoms with Gasteiger partial charge >= 0.3 is 5.97 Å². The Morgan fingerprint density at radius 1 is 1.23 bits per heavy atom. The lowest BCUT2D eigenvalue weighted by Gasteiger charge is -2.07. The summed E-state index contributed by atoms with van der Waals surface area (Å²) in [6.07, 6.45) is 1.73. The number of fused-ring (bicyclic) bond motifs is 1. The number of pyridine rings is 1. The first-order valence-electron chi connectivity index (χ1n) is 6.79. The number of methoxy groups -OCH3 is 1. The van der Waals surface area contributed by atoms with Crippen molar-refractivity contribution >= 4 is 11.6 Å². The van der Waals surface area contributed by atoms with E-state index < -0.39 is 5.97 Å². The fourth-order valence-corrected chi connectivity index (χ4v) is 2.14. The SMILES string of the molecule is COC(=O)c1ccn2c(COc3ccccc3C)nnc2c1. The van der Waals surface area contributed by atoms with Crippen LogP contribution in [0.25, 0.3) is 5.65 Å². The molecule has 3 aromatic rings. The molecule has 6 nitrogen and oxygen atoms in total. The lowest BCUT2D eigenvalue weighted by molar-refractivity contribution is 0.0600. The molecule has 1 aromatic carbocycles. The molecule has 2 aromatic heterocycles. The summed E-state index contributed by atoms with van der Waals surface area (Å²) in [6, 6.07) is 11.1. The Morgan fingerprint density at radius 2 is 2.05 bits per heavy atom. The van der Waals surface area contributed by atoms with Crippen LogP contribution in [0.2, 0.25) is 0 Å². The van der Waals surface area contributed by atoms with Gasteiger partial charge in [0.1, 0.15) is 12.4 Å². The van der Waals surface area contributed by atoms with E-state index >= 15 is 0 Å². The van der Waals surface area contributed by atoms with E-state index in [1.54, 1.807) is 22.7 Å². The van der Waals surface area contributed by atoms with Crippen LogP contribution in [0, 0.1) is 6.92 Å². The minimum atomic E-state index is -0.400. The Labute approximate surface area is 127 Å². The van der Waals surface area contributed by atoms with Crippen molar-refractivity contribution < 1.29 is 14.3 Å². The van der Waals surface area contributed by atoms with Crippen molar-refractivity contribution in [2.24, 2.45) is 0 Å². The zero-order chi connectivity index (χ0) is 15.5. The summed E-state index contributed by atoms with van der Waals surface area (Å²) in [4.78, 5) is 11.5. The third-order valence-corrected chi connectivity index (χ3v) is 3.35. The van der Waals surface area contributed by atoms with Crippen LogP contribution in [0.5, 0.6) is 5.75 Å². The summed E-state index contributed by atoms with van der Waals surface area (Å²) < 4.78 is 12.2. The molecule has 6 heteroatoms. The van der Waals surface area contributed by atoms with Gasteiger partial charge in [0.05, 0.1) is 12.7 Å². The van der Waals surface area contributed by atoms with Gasteiger partial charge < -0.3 is 9.47 Å². The number of carbonyl (C=O) groups excluding carboxylic acids is 1. The first-order valence-corrected chi connectivity index (χ1v) is 6.79. The van der Waals surface area contributed by atoms with Crippen LogP contribution in [0.1, 0.15) is 21.7 Å². The van der Waals surface area contributed by atoms with Gasteiger partial charge in [0.25, 0.3) is 0 Å². The predicted molar refractivity (Wildman–Crippen MR) is 79.8 cm³/mol. The van der Waals surface area contributed by atoms with Crippen molar-refractivity contribution in [1.82, 2.24) is 14.6 Å². The minimum absolute atomic E-state index is 0.295. The summed E-state index contributed by atoms with van der Waals surface area (Å²) in [6.45, 7) is 2.28. The van der Waals surface area contributed by atoms with Gasteiger partial charge in [0.2, 0.25) is 0 Å². The number of rotatable bonds is 4. The fraction of sp³-hybridized carbons (Fsp3) is 0.188. The zero-order valence-electron chi connectivity index (χ0n) is 12.3. The number of para-hydroxylation sites is 1. The first kappa shape index (κ1) is 14.1. The van der Waals surface area contributed by atoms with Crippen molar-refractivity contribution in [1.29, 1.82) is 0 Å². The van der Waals surface area contributed by atoms with Gasteiger partial charge in [-0.25, -0.2) is 4.79 Å². The molecule has 0 spiro atoms. The molecule has 0 fully saturated rings. The highest BCUT2D eigenvalue weighted by Crippen LogP contribution is 2.18. The predicted octanol–water partition coefficient (Wildman–Crippen LogP) is 2.40. The van der Waals surface area contributed by atoms with Crippen LogP contribution in [0.15, 0.2) is 42.6 Å². The highest BCUT2D eigenvalue weighted by atomic mass is 16.5. The molecule has 0 unspecified atom stereocenters. The molecule has 0 saturated heterocycles. The highest BCUT2D eigenvalue weighted by Gasteiger charge is 2.11. The monoisotopic (exact) mass is 297 g/mol. The van der Waals surface area contributed by atoms with E-state index in [9.17, 15) is 4.79 Å².